The maximum atomic E-state index is 13.7. The summed E-state index contributed by atoms with van der Waals surface area (Å²) in [5.74, 6) is 0.446. The molecule has 0 heterocycles. The van der Waals surface area contributed by atoms with Crippen molar-refractivity contribution in [2.24, 2.45) is 0 Å². The van der Waals surface area contributed by atoms with Crippen molar-refractivity contribution < 1.29 is 4.79 Å². The number of hydrogen-bond acceptors (Lipinski definition) is 2. The van der Waals surface area contributed by atoms with E-state index in [0.717, 1.165) is 38.8 Å². The number of hydrogen-bond donors (Lipinski definition) is 0. The monoisotopic (exact) mass is 659 g/mol. The predicted octanol–water partition coefficient (Wildman–Crippen LogP) is 14.0. The third kappa shape index (κ3) is 33.2. The van der Waals surface area contributed by atoms with E-state index in [-0.39, 0.29) is 0 Å². The summed E-state index contributed by atoms with van der Waals surface area (Å²) in [6.45, 7) is 8.86. The molecule has 0 fully saturated rings. The number of amides is 1. The minimum absolute atomic E-state index is 0.446. The largest absolute Gasteiger partial charge is 0.340 e. The number of carbonyl (C=O) groups excluding carboxylic acids is 1. The Balaban J connectivity index is 4.52. The molecule has 3 heteroatoms. The molecule has 0 aromatic carbocycles. The SMILES string of the molecule is CCCCC/C=C\C/C=C\CCCCCCCCCCC(CCCCCCC)N(CCCN(C)C)C(=O)CCCCCCCCCC. The highest BCUT2D eigenvalue weighted by molar-refractivity contribution is 5.76. The zero-order valence-electron chi connectivity index (χ0n) is 33.0. The summed E-state index contributed by atoms with van der Waals surface area (Å²) in [7, 11) is 4.32. The Labute approximate surface area is 297 Å². The van der Waals surface area contributed by atoms with Crippen LogP contribution in [0.3, 0.4) is 0 Å². The van der Waals surface area contributed by atoms with E-state index >= 15 is 0 Å². The van der Waals surface area contributed by atoms with Gasteiger partial charge in [0.25, 0.3) is 0 Å². The number of allylic oxidation sites excluding steroid dienone is 4. The van der Waals surface area contributed by atoms with Crippen LogP contribution in [-0.4, -0.2) is 48.9 Å². The second kappa shape index (κ2) is 37.7. The van der Waals surface area contributed by atoms with Crippen molar-refractivity contribution >= 4 is 5.91 Å². The molecule has 1 unspecified atom stereocenters. The Bertz CT molecular complexity index is 684. The van der Waals surface area contributed by atoms with E-state index in [9.17, 15) is 4.79 Å². The molecule has 1 amide bonds. The highest BCUT2D eigenvalue weighted by atomic mass is 16.2. The molecule has 0 aromatic heterocycles. The van der Waals surface area contributed by atoms with Crippen LogP contribution >= 0.6 is 0 Å². The molecular weight excluding hydrogens is 572 g/mol. The number of unbranched alkanes of at least 4 members (excludes halogenated alkanes) is 22. The van der Waals surface area contributed by atoms with E-state index < -0.39 is 0 Å². The van der Waals surface area contributed by atoms with Crippen LogP contribution in [0.25, 0.3) is 0 Å². The van der Waals surface area contributed by atoms with Gasteiger partial charge in [-0.2, -0.15) is 0 Å². The van der Waals surface area contributed by atoms with Gasteiger partial charge in [0.15, 0.2) is 0 Å². The molecule has 0 aliphatic rings. The average Bonchev–Trinajstić information content (AvgIpc) is 3.06. The molecule has 0 aliphatic carbocycles. The number of carbonyl (C=O) groups is 1. The quantitative estimate of drug-likeness (QED) is 0.0490. The predicted molar refractivity (Wildman–Crippen MR) is 212 cm³/mol. The van der Waals surface area contributed by atoms with E-state index in [1.165, 1.54) is 173 Å². The van der Waals surface area contributed by atoms with E-state index in [2.05, 4.69) is 69.0 Å². The Morgan fingerprint density at radius 2 is 0.872 bits per heavy atom. The molecule has 0 aliphatic heterocycles. The van der Waals surface area contributed by atoms with Gasteiger partial charge >= 0.3 is 0 Å². The summed E-state index contributed by atoms with van der Waals surface area (Å²) in [6.07, 6.45) is 49.1. The smallest absolute Gasteiger partial charge is 0.222 e. The first kappa shape index (κ1) is 45.9. The van der Waals surface area contributed by atoms with E-state index in [0.29, 0.717) is 11.9 Å². The zero-order chi connectivity index (χ0) is 34.5. The van der Waals surface area contributed by atoms with Gasteiger partial charge in [-0.25, -0.2) is 0 Å². The van der Waals surface area contributed by atoms with Gasteiger partial charge < -0.3 is 9.80 Å². The van der Waals surface area contributed by atoms with Gasteiger partial charge in [-0.1, -0.05) is 180 Å². The Morgan fingerprint density at radius 3 is 1.36 bits per heavy atom. The summed E-state index contributed by atoms with van der Waals surface area (Å²) < 4.78 is 0. The minimum atomic E-state index is 0.446. The lowest BCUT2D eigenvalue weighted by molar-refractivity contribution is -0.134. The molecule has 0 saturated heterocycles. The van der Waals surface area contributed by atoms with Gasteiger partial charge in [0.1, 0.15) is 0 Å². The molecule has 3 nitrogen and oxygen atoms in total. The number of nitrogens with zero attached hydrogens (tertiary/aromatic N) is 2. The molecule has 0 aromatic rings. The van der Waals surface area contributed by atoms with Crippen molar-refractivity contribution in [2.75, 3.05) is 27.2 Å². The highest BCUT2D eigenvalue weighted by Gasteiger charge is 2.22. The first-order valence-electron chi connectivity index (χ1n) is 21.3. The summed E-state index contributed by atoms with van der Waals surface area (Å²) in [5, 5.41) is 0. The van der Waals surface area contributed by atoms with Crippen molar-refractivity contribution in [2.45, 2.75) is 226 Å². The third-order valence-corrected chi connectivity index (χ3v) is 9.89. The molecule has 0 saturated carbocycles. The molecule has 0 N–H and O–H groups in total. The normalized spacial score (nSPS) is 12.6. The van der Waals surface area contributed by atoms with Crippen LogP contribution in [0.5, 0.6) is 0 Å². The van der Waals surface area contributed by atoms with Crippen molar-refractivity contribution in [3.05, 3.63) is 24.3 Å². The van der Waals surface area contributed by atoms with Crippen LogP contribution in [0.15, 0.2) is 24.3 Å². The van der Waals surface area contributed by atoms with Crippen LogP contribution in [-0.2, 0) is 4.79 Å². The fourth-order valence-corrected chi connectivity index (χ4v) is 6.78. The van der Waals surface area contributed by atoms with Gasteiger partial charge in [0.2, 0.25) is 5.91 Å². The minimum Gasteiger partial charge on any atom is -0.340 e. The van der Waals surface area contributed by atoms with Gasteiger partial charge in [0.05, 0.1) is 0 Å². The second-order valence-corrected chi connectivity index (χ2v) is 14.9. The zero-order valence-corrected chi connectivity index (χ0v) is 33.0. The fourth-order valence-electron chi connectivity index (χ4n) is 6.78. The van der Waals surface area contributed by atoms with Crippen LogP contribution in [0.1, 0.15) is 220 Å². The van der Waals surface area contributed by atoms with Gasteiger partial charge in [-0.05, 0) is 78.4 Å². The Kier molecular flexibility index (Phi) is 36.8. The first-order valence-corrected chi connectivity index (χ1v) is 21.3. The molecule has 0 radical (unpaired) electrons. The van der Waals surface area contributed by atoms with Crippen LogP contribution < -0.4 is 0 Å². The first-order chi connectivity index (χ1) is 23.1. The van der Waals surface area contributed by atoms with Crippen LogP contribution in [0, 0.1) is 0 Å². The lowest BCUT2D eigenvalue weighted by Crippen LogP contribution is -2.41. The van der Waals surface area contributed by atoms with Crippen molar-refractivity contribution in [3.8, 4) is 0 Å². The van der Waals surface area contributed by atoms with E-state index in [1.54, 1.807) is 0 Å². The second-order valence-electron chi connectivity index (χ2n) is 14.9. The maximum absolute atomic E-state index is 13.7. The molecule has 278 valence electrons. The summed E-state index contributed by atoms with van der Waals surface area (Å²) in [4.78, 5) is 18.3. The van der Waals surface area contributed by atoms with Crippen molar-refractivity contribution in [3.63, 3.8) is 0 Å². The molecular formula is C44H86N2O. The third-order valence-electron chi connectivity index (χ3n) is 9.89. The van der Waals surface area contributed by atoms with Crippen LogP contribution in [0.4, 0.5) is 0 Å². The highest BCUT2D eigenvalue weighted by Crippen LogP contribution is 2.21. The van der Waals surface area contributed by atoms with Gasteiger partial charge in [-0.15, -0.1) is 0 Å². The summed E-state index contributed by atoms with van der Waals surface area (Å²) in [5.41, 5.74) is 0. The topological polar surface area (TPSA) is 23.6 Å². The fraction of sp³-hybridized carbons (Fsp3) is 0.886. The van der Waals surface area contributed by atoms with Crippen molar-refractivity contribution in [1.82, 2.24) is 9.80 Å². The molecule has 1 atom stereocenters. The summed E-state index contributed by atoms with van der Waals surface area (Å²) in [6, 6.07) is 0.449. The van der Waals surface area contributed by atoms with Crippen LogP contribution in [0.2, 0.25) is 0 Å². The Hall–Kier alpha value is -1.09. The van der Waals surface area contributed by atoms with Gasteiger partial charge in [-0.3, -0.25) is 4.79 Å². The molecule has 0 spiro atoms. The average molecular weight is 659 g/mol. The van der Waals surface area contributed by atoms with E-state index in [4.69, 9.17) is 0 Å². The maximum Gasteiger partial charge on any atom is 0.222 e. The molecule has 0 rings (SSSR count). The van der Waals surface area contributed by atoms with E-state index in [1.807, 2.05) is 0 Å². The van der Waals surface area contributed by atoms with Crippen molar-refractivity contribution in [1.29, 1.82) is 0 Å². The lowest BCUT2D eigenvalue weighted by Gasteiger charge is -2.33. The Morgan fingerprint density at radius 1 is 0.468 bits per heavy atom. The molecule has 47 heavy (non-hydrogen) atoms. The lowest BCUT2D eigenvalue weighted by atomic mass is 9.97. The van der Waals surface area contributed by atoms with Gasteiger partial charge in [0, 0.05) is 19.0 Å². The molecule has 0 bridgehead atoms. The standard InChI is InChI=1S/C44H86N2O/c1-6-9-12-15-17-19-20-21-22-23-24-25-26-27-28-29-32-35-39-43(38-34-31-14-11-8-3)46(42-37-41-45(4)5)44(47)40-36-33-30-18-16-13-10-7-2/h17,19,21-22,43H,6-16,18,20,23-42H2,1-5H3/b19-17-,22-21-. The summed E-state index contributed by atoms with van der Waals surface area (Å²) >= 11 is 0. The number of rotatable bonds is 37.